The quantitative estimate of drug-likeness (QED) is 0.584. The van der Waals surface area contributed by atoms with E-state index >= 15 is 0 Å². The predicted molar refractivity (Wildman–Crippen MR) is 90.8 cm³/mol. The van der Waals surface area contributed by atoms with Crippen molar-refractivity contribution in [3.63, 3.8) is 0 Å². The van der Waals surface area contributed by atoms with E-state index < -0.39 is 0 Å². The first-order valence-corrected chi connectivity index (χ1v) is 8.60. The second kappa shape index (κ2) is 7.56. The minimum absolute atomic E-state index is 0.198. The summed E-state index contributed by atoms with van der Waals surface area (Å²) in [5, 5.41) is 12.5. The van der Waals surface area contributed by atoms with Crippen molar-refractivity contribution >= 4 is 11.8 Å². The van der Waals surface area contributed by atoms with Crippen LogP contribution in [-0.4, -0.2) is 34.6 Å². The maximum Gasteiger partial charge on any atom is 0.277 e. The van der Waals surface area contributed by atoms with E-state index in [0.717, 1.165) is 0 Å². The lowest BCUT2D eigenvalue weighted by Gasteiger charge is -2.07. The van der Waals surface area contributed by atoms with Gasteiger partial charge in [0.05, 0.1) is 25.5 Å². The largest absolute Gasteiger partial charge is 0.497 e. The lowest BCUT2D eigenvalue weighted by molar-refractivity contribution is 0.362. The molecule has 9 heteroatoms. The van der Waals surface area contributed by atoms with Gasteiger partial charge in [-0.25, -0.2) is 0 Å². The first kappa shape index (κ1) is 17.3. The maximum absolute atomic E-state index is 5.70. The third kappa shape index (κ3) is 3.93. The van der Waals surface area contributed by atoms with Crippen LogP contribution in [0.2, 0.25) is 0 Å². The standard InChI is InChI=1S/C16H18N4O4S/c1-9(2)14-17-13(20-24-14)8-25-16-19-18-15(23-16)11-6-5-10(21-3)7-12(11)22-4/h5-7,9H,8H2,1-4H3. The molecule has 0 radical (unpaired) electrons. The van der Waals surface area contributed by atoms with E-state index in [4.69, 9.17) is 18.4 Å². The third-order valence-electron chi connectivity index (χ3n) is 3.35. The second-order valence-electron chi connectivity index (χ2n) is 5.43. The number of hydrogen-bond acceptors (Lipinski definition) is 9. The van der Waals surface area contributed by atoms with Gasteiger partial charge in [-0.1, -0.05) is 30.8 Å². The van der Waals surface area contributed by atoms with Gasteiger partial charge in [-0.3, -0.25) is 0 Å². The number of rotatable bonds is 7. The van der Waals surface area contributed by atoms with Gasteiger partial charge < -0.3 is 18.4 Å². The van der Waals surface area contributed by atoms with Crippen LogP contribution >= 0.6 is 11.8 Å². The molecule has 8 nitrogen and oxygen atoms in total. The second-order valence-corrected chi connectivity index (χ2v) is 6.36. The Balaban J connectivity index is 1.72. The summed E-state index contributed by atoms with van der Waals surface area (Å²) >= 11 is 1.34. The highest BCUT2D eigenvalue weighted by Gasteiger charge is 2.16. The fourth-order valence-corrected chi connectivity index (χ4v) is 2.65. The Morgan fingerprint density at radius 1 is 1.16 bits per heavy atom. The monoisotopic (exact) mass is 362 g/mol. The average Bonchev–Trinajstić information content (AvgIpc) is 3.28. The van der Waals surface area contributed by atoms with Gasteiger partial charge in [-0.2, -0.15) is 4.98 Å². The lowest BCUT2D eigenvalue weighted by Crippen LogP contribution is -1.90. The number of ether oxygens (including phenoxy) is 2. The summed E-state index contributed by atoms with van der Waals surface area (Å²) in [6, 6.07) is 5.38. The van der Waals surface area contributed by atoms with Gasteiger partial charge in [0.1, 0.15) is 11.5 Å². The highest BCUT2D eigenvalue weighted by Crippen LogP contribution is 2.34. The Labute approximate surface area is 148 Å². The molecular weight excluding hydrogens is 344 g/mol. The molecule has 0 fully saturated rings. The summed E-state index contributed by atoms with van der Waals surface area (Å²) < 4.78 is 21.4. The van der Waals surface area contributed by atoms with Crippen molar-refractivity contribution in [3.05, 3.63) is 29.9 Å². The minimum Gasteiger partial charge on any atom is -0.497 e. The fourth-order valence-electron chi connectivity index (χ4n) is 2.04. The average molecular weight is 362 g/mol. The molecule has 2 heterocycles. The molecule has 0 N–H and O–H groups in total. The van der Waals surface area contributed by atoms with Crippen molar-refractivity contribution in [1.29, 1.82) is 0 Å². The molecule has 3 rings (SSSR count). The van der Waals surface area contributed by atoms with E-state index in [-0.39, 0.29) is 5.92 Å². The Kier molecular flexibility index (Phi) is 5.22. The van der Waals surface area contributed by atoms with Crippen LogP contribution in [0.4, 0.5) is 0 Å². The first-order valence-electron chi connectivity index (χ1n) is 7.62. The summed E-state index contributed by atoms with van der Waals surface area (Å²) in [5.41, 5.74) is 0.698. The van der Waals surface area contributed by atoms with Crippen molar-refractivity contribution in [2.45, 2.75) is 30.7 Å². The van der Waals surface area contributed by atoms with E-state index in [9.17, 15) is 0 Å². The minimum atomic E-state index is 0.198. The van der Waals surface area contributed by atoms with E-state index in [0.29, 0.717) is 45.6 Å². The van der Waals surface area contributed by atoms with E-state index in [1.165, 1.54) is 11.8 Å². The number of hydrogen-bond donors (Lipinski definition) is 0. The molecule has 0 spiro atoms. The third-order valence-corrected chi connectivity index (χ3v) is 4.16. The van der Waals surface area contributed by atoms with Crippen LogP contribution in [0, 0.1) is 0 Å². The molecule has 3 aromatic rings. The molecule has 0 saturated carbocycles. The van der Waals surface area contributed by atoms with Crippen LogP contribution in [0.25, 0.3) is 11.5 Å². The van der Waals surface area contributed by atoms with Crippen LogP contribution in [0.1, 0.15) is 31.5 Å². The smallest absolute Gasteiger partial charge is 0.277 e. The van der Waals surface area contributed by atoms with Crippen LogP contribution < -0.4 is 9.47 Å². The van der Waals surface area contributed by atoms with E-state index in [1.807, 2.05) is 26.0 Å². The van der Waals surface area contributed by atoms with Crippen molar-refractivity contribution in [1.82, 2.24) is 20.3 Å². The summed E-state index contributed by atoms with van der Waals surface area (Å²) in [7, 11) is 3.17. The topological polar surface area (TPSA) is 96.3 Å². The number of benzene rings is 1. The molecule has 0 bridgehead atoms. The van der Waals surface area contributed by atoms with Crippen LogP contribution in [0.5, 0.6) is 11.5 Å². The zero-order valence-electron chi connectivity index (χ0n) is 14.3. The Bertz CT molecular complexity index is 846. The Morgan fingerprint density at radius 2 is 2.00 bits per heavy atom. The molecule has 2 aromatic heterocycles. The molecule has 0 aliphatic heterocycles. The van der Waals surface area contributed by atoms with E-state index in [2.05, 4.69) is 20.3 Å². The van der Waals surface area contributed by atoms with E-state index in [1.54, 1.807) is 20.3 Å². The van der Waals surface area contributed by atoms with Crippen LogP contribution in [-0.2, 0) is 5.75 Å². The van der Waals surface area contributed by atoms with Gasteiger partial charge in [-0.05, 0) is 12.1 Å². The van der Waals surface area contributed by atoms with Gasteiger partial charge in [-0.15, -0.1) is 10.2 Å². The highest BCUT2D eigenvalue weighted by molar-refractivity contribution is 7.98. The summed E-state index contributed by atoms with van der Waals surface area (Å²) in [4.78, 5) is 4.31. The van der Waals surface area contributed by atoms with Crippen LogP contribution in [0.3, 0.4) is 0 Å². The summed E-state index contributed by atoms with van der Waals surface area (Å²) in [5.74, 6) is 3.55. The molecule has 0 atom stereocenters. The Morgan fingerprint density at radius 3 is 2.68 bits per heavy atom. The van der Waals surface area contributed by atoms with Gasteiger partial charge >= 0.3 is 0 Å². The molecule has 1 aromatic carbocycles. The first-order chi connectivity index (χ1) is 12.1. The lowest BCUT2D eigenvalue weighted by atomic mass is 10.2. The van der Waals surface area contributed by atoms with Crippen LogP contribution in [0.15, 0.2) is 32.4 Å². The Hall–Kier alpha value is -2.55. The zero-order valence-corrected chi connectivity index (χ0v) is 15.2. The number of methoxy groups -OCH3 is 2. The zero-order chi connectivity index (χ0) is 17.8. The predicted octanol–water partition coefficient (Wildman–Crippen LogP) is 3.55. The van der Waals surface area contributed by atoms with Crippen molar-refractivity contribution in [3.8, 4) is 23.0 Å². The molecular formula is C16H18N4O4S. The highest BCUT2D eigenvalue weighted by atomic mass is 32.2. The molecule has 0 aliphatic carbocycles. The fraction of sp³-hybridized carbons (Fsp3) is 0.375. The summed E-state index contributed by atoms with van der Waals surface area (Å²) in [6.45, 7) is 3.99. The van der Waals surface area contributed by atoms with Crippen molar-refractivity contribution in [2.24, 2.45) is 0 Å². The molecule has 0 unspecified atom stereocenters. The number of thioether (sulfide) groups is 1. The molecule has 0 saturated heterocycles. The molecule has 25 heavy (non-hydrogen) atoms. The molecule has 132 valence electrons. The molecule has 0 amide bonds. The van der Waals surface area contributed by atoms with Gasteiger partial charge in [0.15, 0.2) is 5.82 Å². The van der Waals surface area contributed by atoms with Crippen molar-refractivity contribution < 1.29 is 18.4 Å². The van der Waals surface area contributed by atoms with Gasteiger partial charge in [0, 0.05) is 12.0 Å². The number of nitrogens with zero attached hydrogens (tertiary/aromatic N) is 4. The number of aromatic nitrogens is 4. The normalized spacial score (nSPS) is 11.1. The SMILES string of the molecule is COc1ccc(-c2nnc(SCc3noc(C(C)C)n3)o2)c(OC)c1. The maximum atomic E-state index is 5.70. The summed E-state index contributed by atoms with van der Waals surface area (Å²) in [6.07, 6.45) is 0. The molecule has 0 aliphatic rings. The van der Waals surface area contributed by atoms with Gasteiger partial charge in [0.25, 0.3) is 11.1 Å². The van der Waals surface area contributed by atoms with Crippen molar-refractivity contribution in [2.75, 3.05) is 14.2 Å². The van der Waals surface area contributed by atoms with Gasteiger partial charge in [0.2, 0.25) is 5.89 Å².